The Bertz CT molecular complexity index is 383. The van der Waals surface area contributed by atoms with E-state index in [1.165, 1.54) is 6.20 Å². The van der Waals surface area contributed by atoms with Crippen LogP contribution in [0.4, 0.5) is 5.69 Å². The van der Waals surface area contributed by atoms with Gasteiger partial charge in [-0.3, -0.25) is 9.36 Å². The normalized spacial score (nSPS) is 21.2. The van der Waals surface area contributed by atoms with Crippen molar-refractivity contribution >= 4 is 5.69 Å². The predicted molar refractivity (Wildman–Crippen MR) is 50.6 cm³/mol. The van der Waals surface area contributed by atoms with Crippen molar-refractivity contribution < 1.29 is 0 Å². The molecule has 4 nitrogen and oxygen atoms in total. The van der Waals surface area contributed by atoms with Gasteiger partial charge in [0.1, 0.15) is 11.5 Å². The number of aromatic nitrogens is 2. The first-order valence-electron chi connectivity index (χ1n) is 4.55. The van der Waals surface area contributed by atoms with E-state index in [0.717, 1.165) is 25.2 Å². The highest BCUT2D eigenvalue weighted by atomic mass is 16.1. The molecule has 2 N–H and O–H groups in total. The molecule has 0 bridgehead atoms. The van der Waals surface area contributed by atoms with Crippen LogP contribution in [-0.2, 0) is 6.54 Å². The lowest BCUT2D eigenvalue weighted by molar-refractivity contribution is 0.443. The molecule has 2 heterocycles. The van der Waals surface area contributed by atoms with Crippen LogP contribution in [0.2, 0.25) is 0 Å². The largest absolute Gasteiger partial charge is 0.393 e. The molecule has 0 fully saturated rings. The van der Waals surface area contributed by atoms with Gasteiger partial charge in [0.25, 0.3) is 5.56 Å². The SMILES string of the molecule is CC1CCCn2c1ncc(N)c2=O. The van der Waals surface area contributed by atoms with Crippen LogP contribution in [0.15, 0.2) is 11.0 Å². The maximum absolute atomic E-state index is 11.6. The first kappa shape index (κ1) is 8.29. The Morgan fingerprint density at radius 3 is 3.23 bits per heavy atom. The molecular formula is C9H13N3O. The van der Waals surface area contributed by atoms with Crippen molar-refractivity contribution in [3.8, 4) is 0 Å². The molecular weight excluding hydrogens is 166 g/mol. The second kappa shape index (κ2) is 2.87. The van der Waals surface area contributed by atoms with Gasteiger partial charge in [0, 0.05) is 12.5 Å². The molecule has 1 aromatic heterocycles. The molecule has 2 rings (SSSR count). The first-order chi connectivity index (χ1) is 6.20. The highest BCUT2D eigenvalue weighted by Gasteiger charge is 2.18. The number of anilines is 1. The lowest BCUT2D eigenvalue weighted by atomic mass is 10.0. The Kier molecular flexibility index (Phi) is 1.83. The molecule has 0 spiro atoms. The summed E-state index contributed by atoms with van der Waals surface area (Å²) < 4.78 is 1.70. The fraction of sp³-hybridized carbons (Fsp3) is 0.556. The van der Waals surface area contributed by atoms with E-state index in [9.17, 15) is 4.79 Å². The van der Waals surface area contributed by atoms with Gasteiger partial charge in [-0.15, -0.1) is 0 Å². The van der Waals surface area contributed by atoms with E-state index in [0.29, 0.717) is 5.92 Å². The summed E-state index contributed by atoms with van der Waals surface area (Å²) in [6.45, 7) is 2.85. The van der Waals surface area contributed by atoms with E-state index in [4.69, 9.17) is 5.73 Å². The molecule has 1 aromatic rings. The van der Waals surface area contributed by atoms with Crippen molar-refractivity contribution in [2.45, 2.75) is 32.2 Å². The van der Waals surface area contributed by atoms with Crippen molar-refractivity contribution in [2.75, 3.05) is 5.73 Å². The summed E-state index contributed by atoms with van der Waals surface area (Å²) in [4.78, 5) is 15.8. The topological polar surface area (TPSA) is 60.9 Å². The van der Waals surface area contributed by atoms with Gasteiger partial charge in [0.05, 0.1) is 6.20 Å². The number of nitrogens with two attached hydrogens (primary N) is 1. The number of hydrogen-bond donors (Lipinski definition) is 1. The molecule has 1 aliphatic heterocycles. The quantitative estimate of drug-likeness (QED) is 0.638. The minimum atomic E-state index is -0.0865. The summed E-state index contributed by atoms with van der Waals surface area (Å²) in [6.07, 6.45) is 3.62. The molecule has 0 aromatic carbocycles. The molecule has 13 heavy (non-hydrogen) atoms. The van der Waals surface area contributed by atoms with Crippen LogP contribution >= 0.6 is 0 Å². The smallest absolute Gasteiger partial charge is 0.276 e. The fourth-order valence-corrected chi connectivity index (χ4v) is 1.81. The lowest BCUT2D eigenvalue weighted by Gasteiger charge is -2.22. The zero-order valence-electron chi connectivity index (χ0n) is 7.66. The number of rotatable bonds is 0. The van der Waals surface area contributed by atoms with Gasteiger partial charge in [-0.25, -0.2) is 4.98 Å². The van der Waals surface area contributed by atoms with E-state index in [-0.39, 0.29) is 11.2 Å². The average Bonchev–Trinajstić information content (AvgIpc) is 2.12. The summed E-state index contributed by atoms with van der Waals surface area (Å²) in [5.41, 5.74) is 5.65. The minimum Gasteiger partial charge on any atom is -0.393 e. The Morgan fingerprint density at radius 1 is 1.69 bits per heavy atom. The number of fused-ring (bicyclic) bond motifs is 1. The minimum absolute atomic E-state index is 0.0865. The Labute approximate surface area is 76.4 Å². The van der Waals surface area contributed by atoms with Gasteiger partial charge >= 0.3 is 0 Å². The Morgan fingerprint density at radius 2 is 2.46 bits per heavy atom. The van der Waals surface area contributed by atoms with Crippen LogP contribution in [0.3, 0.4) is 0 Å². The van der Waals surface area contributed by atoms with Crippen LogP contribution in [0.25, 0.3) is 0 Å². The van der Waals surface area contributed by atoms with E-state index in [2.05, 4.69) is 11.9 Å². The van der Waals surface area contributed by atoms with Crippen molar-refractivity contribution in [1.29, 1.82) is 0 Å². The van der Waals surface area contributed by atoms with Crippen molar-refractivity contribution in [2.24, 2.45) is 0 Å². The van der Waals surface area contributed by atoms with Gasteiger partial charge in [-0.2, -0.15) is 0 Å². The first-order valence-corrected chi connectivity index (χ1v) is 4.55. The Balaban J connectivity index is 2.63. The molecule has 0 radical (unpaired) electrons. The van der Waals surface area contributed by atoms with E-state index < -0.39 is 0 Å². The second-order valence-electron chi connectivity index (χ2n) is 3.57. The maximum Gasteiger partial charge on any atom is 0.276 e. The molecule has 0 aliphatic carbocycles. The van der Waals surface area contributed by atoms with Crippen molar-refractivity contribution in [3.63, 3.8) is 0 Å². The standard InChI is InChI=1S/C9H13N3O/c1-6-3-2-4-12-8(6)11-5-7(10)9(12)13/h5-6H,2-4,10H2,1H3. The molecule has 0 saturated carbocycles. The van der Waals surface area contributed by atoms with Gasteiger partial charge in [-0.05, 0) is 12.8 Å². The zero-order valence-corrected chi connectivity index (χ0v) is 7.66. The summed E-state index contributed by atoms with van der Waals surface area (Å²) >= 11 is 0. The summed E-state index contributed by atoms with van der Waals surface area (Å²) in [7, 11) is 0. The van der Waals surface area contributed by atoms with Crippen LogP contribution in [0.5, 0.6) is 0 Å². The summed E-state index contributed by atoms with van der Waals surface area (Å²) in [5, 5.41) is 0. The average molecular weight is 179 g/mol. The molecule has 4 heteroatoms. The third-order valence-corrected chi connectivity index (χ3v) is 2.56. The number of nitrogens with zero attached hydrogens (tertiary/aromatic N) is 2. The van der Waals surface area contributed by atoms with Gasteiger partial charge in [0.2, 0.25) is 0 Å². The lowest BCUT2D eigenvalue weighted by Crippen LogP contribution is -2.30. The zero-order chi connectivity index (χ0) is 9.42. The molecule has 1 atom stereocenters. The summed E-state index contributed by atoms with van der Waals surface area (Å²) in [6, 6.07) is 0. The highest BCUT2D eigenvalue weighted by molar-refractivity contribution is 5.32. The highest BCUT2D eigenvalue weighted by Crippen LogP contribution is 2.22. The monoisotopic (exact) mass is 179 g/mol. The van der Waals surface area contributed by atoms with Gasteiger partial charge in [-0.1, -0.05) is 6.92 Å². The van der Waals surface area contributed by atoms with E-state index >= 15 is 0 Å². The van der Waals surface area contributed by atoms with Crippen LogP contribution in [0, 0.1) is 0 Å². The fourth-order valence-electron chi connectivity index (χ4n) is 1.81. The second-order valence-corrected chi connectivity index (χ2v) is 3.57. The van der Waals surface area contributed by atoms with Crippen LogP contribution in [0.1, 0.15) is 31.5 Å². The van der Waals surface area contributed by atoms with E-state index in [1.807, 2.05) is 0 Å². The maximum atomic E-state index is 11.6. The van der Waals surface area contributed by atoms with Crippen LogP contribution in [-0.4, -0.2) is 9.55 Å². The molecule has 70 valence electrons. The Hall–Kier alpha value is -1.32. The number of hydrogen-bond acceptors (Lipinski definition) is 3. The molecule has 0 saturated heterocycles. The summed E-state index contributed by atoms with van der Waals surface area (Å²) in [5.74, 6) is 1.26. The third-order valence-electron chi connectivity index (χ3n) is 2.56. The van der Waals surface area contributed by atoms with Gasteiger partial charge in [0.15, 0.2) is 0 Å². The van der Waals surface area contributed by atoms with Crippen LogP contribution < -0.4 is 11.3 Å². The molecule has 0 amide bonds. The third kappa shape index (κ3) is 1.22. The molecule has 1 aliphatic rings. The predicted octanol–water partition coefficient (Wildman–Crippen LogP) is 0.723. The van der Waals surface area contributed by atoms with Crippen molar-refractivity contribution in [1.82, 2.24) is 9.55 Å². The molecule has 1 unspecified atom stereocenters. The van der Waals surface area contributed by atoms with Crippen molar-refractivity contribution in [3.05, 3.63) is 22.4 Å². The number of nitrogen functional groups attached to an aromatic ring is 1. The van der Waals surface area contributed by atoms with E-state index in [1.54, 1.807) is 4.57 Å². The van der Waals surface area contributed by atoms with Gasteiger partial charge < -0.3 is 5.73 Å².